The molecule has 0 N–H and O–H groups in total. The molecule has 1 saturated heterocycles. The fourth-order valence-corrected chi connectivity index (χ4v) is 7.14. The first kappa shape index (κ1) is 20.7. The summed E-state index contributed by atoms with van der Waals surface area (Å²) < 4.78 is 10.7. The summed E-state index contributed by atoms with van der Waals surface area (Å²) >= 11 is 7.39. The van der Waals surface area contributed by atoms with Crippen LogP contribution in [0.25, 0.3) is 0 Å². The van der Waals surface area contributed by atoms with Crippen LogP contribution in [-0.2, 0) is 9.59 Å². The van der Waals surface area contributed by atoms with Gasteiger partial charge >= 0.3 is 5.97 Å². The van der Waals surface area contributed by atoms with Crippen LogP contribution in [0.15, 0.2) is 48.5 Å². The van der Waals surface area contributed by atoms with E-state index < -0.39 is 5.97 Å². The van der Waals surface area contributed by atoms with Crippen molar-refractivity contribution in [1.29, 1.82) is 0 Å². The minimum Gasteiger partial charge on any atom is -0.496 e. The summed E-state index contributed by atoms with van der Waals surface area (Å²) in [5.41, 5.74) is 0.716. The van der Waals surface area contributed by atoms with Crippen LogP contribution in [0.2, 0.25) is 0 Å². The van der Waals surface area contributed by atoms with E-state index in [0.717, 1.165) is 6.42 Å². The third kappa shape index (κ3) is 3.14. The smallest absolute Gasteiger partial charge is 0.347 e. The lowest BCUT2D eigenvalue weighted by Crippen LogP contribution is -2.37. The highest BCUT2D eigenvalue weighted by atomic mass is 79.9. The van der Waals surface area contributed by atoms with E-state index in [0.29, 0.717) is 17.0 Å². The molecule has 2 bridgehead atoms. The molecule has 2 saturated carbocycles. The Morgan fingerprint density at radius 2 is 1.61 bits per heavy atom. The fraction of sp³-hybridized carbons (Fsp3) is 0.348. The predicted molar refractivity (Wildman–Crippen MR) is 121 cm³/mol. The van der Waals surface area contributed by atoms with Crippen molar-refractivity contribution in [2.24, 2.45) is 23.7 Å². The molecule has 6 atom stereocenters. The molecule has 0 aromatic heterocycles. The quantitative estimate of drug-likeness (QED) is 0.248. The van der Waals surface area contributed by atoms with E-state index in [1.807, 2.05) is 0 Å². The van der Waals surface area contributed by atoms with Crippen LogP contribution >= 0.6 is 31.9 Å². The minimum absolute atomic E-state index is 0.146. The van der Waals surface area contributed by atoms with Crippen molar-refractivity contribution in [3.8, 4) is 11.5 Å². The summed E-state index contributed by atoms with van der Waals surface area (Å²) in [6.45, 7) is 0. The molecule has 31 heavy (non-hydrogen) atoms. The molecule has 2 amide bonds. The van der Waals surface area contributed by atoms with E-state index in [-0.39, 0.29) is 50.9 Å². The Morgan fingerprint density at radius 1 is 0.968 bits per heavy atom. The maximum absolute atomic E-state index is 13.2. The van der Waals surface area contributed by atoms with Gasteiger partial charge in [-0.05, 0) is 42.5 Å². The van der Waals surface area contributed by atoms with Crippen LogP contribution in [0.1, 0.15) is 16.8 Å². The zero-order chi connectivity index (χ0) is 21.9. The number of rotatable bonds is 4. The van der Waals surface area contributed by atoms with E-state index in [1.165, 1.54) is 12.0 Å². The number of alkyl halides is 2. The number of hydrogen-bond acceptors (Lipinski definition) is 5. The van der Waals surface area contributed by atoms with Gasteiger partial charge in [0, 0.05) is 15.7 Å². The lowest BCUT2D eigenvalue weighted by atomic mass is 9.81. The van der Waals surface area contributed by atoms with Crippen molar-refractivity contribution < 1.29 is 23.9 Å². The first-order valence-electron chi connectivity index (χ1n) is 10.0. The van der Waals surface area contributed by atoms with Gasteiger partial charge in [-0.15, -0.1) is 0 Å². The molecular weight excluding hydrogens is 530 g/mol. The molecule has 3 aliphatic rings. The highest BCUT2D eigenvalue weighted by molar-refractivity contribution is 9.12. The normalized spacial score (nSPS) is 31.1. The lowest BCUT2D eigenvalue weighted by Gasteiger charge is -2.28. The predicted octanol–water partition coefficient (Wildman–Crippen LogP) is 4.20. The van der Waals surface area contributed by atoms with Gasteiger partial charge in [-0.1, -0.05) is 50.1 Å². The van der Waals surface area contributed by atoms with Crippen LogP contribution in [-0.4, -0.2) is 34.5 Å². The first-order valence-corrected chi connectivity index (χ1v) is 11.9. The van der Waals surface area contributed by atoms with E-state index in [2.05, 4.69) is 31.9 Å². The van der Waals surface area contributed by atoms with Crippen LogP contribution < -0.4 is 14.4 Å². The third-order valence-corrected chi connectivity index (χ3v) is 9.81. The number of fused-ring (bicyclic) bond motifs is 5. The lowest BCUT2D eigenvalue weighted by molar-refractivity contribution is -0.123. The summed E-state index contributed by atoms with van der Waals surface area (Å²) in [5.74, 6) is -0.547. The number of amides is 2. The van der Waals surface area contributed by atoms with E-state index >= 15 is 0 Å². The molecule has 1 aliphatic heterocycles. The summed E-state index contributed by atoms with van der Waals surface area (Å²) in [5, 5.41) is 0. The number of nitrogens with zero attached hydrogens (tertiary/aromatic N) is 1. The molecular formula is C23H19Br2NO5. The second-order valence-corrected chi connectivity index (χ2v) is 10.2. The molecule has 2 aliphatic carbocycles. The average Bonchev–Trinajstić information content (AvgIpc) is 3.38. The molecule has 8 heteroatoms. The number of imide groups is 1. The van der Waals surface area contributed by atoms with Crippen LogP contribution in [0, 0.1) is 23.7 Å². The summed E-state index contributed by atoms with van der Waals surface area (Å²) in [4.78, 5) is 40.7. The van der Waals surface area contributed by atoms with Gasteiger partial charge in [-0.3, -0.25) is 9.59 Å². The number of para-hydroxylation sites is 1. The molecule has 0 spiro atoms. The summed E-state index contributed by atoms with van der Waals surface area (Å²) in [7, 11) is 1.48. The number of esters is 1. The molecule has 1 heterocycles. The zero-order valence-electron chi connectivity index (χ0n) is 16.5. The molecule has 5 rings (SSSR count). The molecule has 0 radical (unpaired) electrons. The van der Waals surface area contributed by atoms with Gasteiger partial charge in [0.1, 0.15) is 17.1 Å². The van der Waals surface area contributed by atoms with E-state index in [1.54, 1.807) is 48.5 Å². The van der Waals surface area contributed by atoms with Crippen molar-refractivity contribution in [2.75, 3.05) is 12.0 Å². The van der Waals surface area contributed by atoms with Crippen molar-refractivity contribution in [2.45, 2.75) is 16.1 Å². The molecule has 2 aromatic rings. The number of hydrogen-bond donors (Lipinski definition) is 0. The fourth-order valence-electron chi connectivity index (χ4n) is 5.26. The SMILES string of the molecule is COc1ccccc1C(=O)Oc1cccc(N2C(=O)C3C4CC(C(Br)C4Br)C3C2=O)c1. The number of ether oxygens (including phenoxy) is 2. The van der Waals surface area contributed by atoms with Crippen molar-refractivity contribution in [3.05, 3.63) is 54.1 Å². The van der Waals surface area contributed by atoms with Gasteiger partial charge in [0.15, 0.2) is 0 Å². The second-order valence-electron chi connectivity index (χ2n) is 8.10. The maximum atomic E-state index is 13.2. The Labute approximate surface area is 196 Å². The highest BCUT2D eigenvalue weighted by Crippen LogP contribution is 2.60. The number of methoxy groups -OCH3 is 1. The van der Waals surface area contributed by atoms with Gasteiger partial charge in [-0.2, -0.15) is 0 Å². The number of carbonyl (C=O) groups excluding carboxylic acids is 3. The first-order chi connectivity index (χ1) is 14.9. The number of anilines is 1. The van der Waals surface area contributed by atoms with Crippen LogP contribution in [0.4, 0.5) is 5.69 Å². The topological polar surface area (TPSA) is 72.9 Å². The Hall–Kier alpha value is -2.19. The van der Waals surface area contributed by atoms with Crippen LogP contribution in [0.3, 0.4) is 0 Å². The second kappa shape index (κ2) is 7.74. The van der Waals surface area contributed by atoms with Crippen molar-refractivity contribution in [3.63, 3.8) is 0 Å². The molecule has 3 fully saturated rings. The van der Waals surface area contributed by atoms with E-state index in [9.17, 15) is 14.4 Å². The molecule has 6 nitrogen and oxygen atoms in total. The van der Waals surface area contributed by atoms with Gasteiger partial charge in [-0.25, -0.2) is 9.69 Å². The Kier molecular flexibility index (Phi) is 5.17. The third-order valence-electron chi connectivity index (χ3n) is 6.60. The Balaban J connectivity index is 1.40. The minimum atomic E-state index is -0.576. The van der Waals surface area contributed by atoms with Gasteiger partial charge in [0.25, 0.3) is 0 Å². The Bertz CT molecular complexity index is 1060. The van der Waals surface area contributed by atoms with Gasteiger partial charge in [0.2, 0.25) is 11.8 Å². The molecule has 2 aromatic carbocycles. The van der Waals surface area contributed by atoms with Crippen molar-refractivity contribution in [1.82, 2.24) is 0 Å². The van der Waals surface area contributed by atoms with Crippen molar-refractivity contribution >= 4 is 55.3 Å². The number of carbonyl (C=O) groups is 3. The summed E-state index contributed by atoms with van der Waals surface area (Å²) in [6.07, 6.45) is 0.878. The van der Waals surface area contributed by atoms with E-state index in [4.69, 9.17) is 9.47 Å². The maximum Gasteiger partial charge on any atom is 0.347 e. The Morgan fingerprint density at radius 3 is 2.26 bits per heavy atom. The summed E-state index contributed by atoms with van der Waals surface area (Å²) in [6, 6.07) is 13.3. The van der Waals surface area contributed by atoms with Gasteiger partial charge in [0.05, 0.1) is 24.6 Å². The largest absolute Gasteiger partial charge is 0.496 e. The number of halogens is 2. The highest BCUT2D eigenvalue weighted by Gasteiger charge is 2.66. The monoisotopic (exact) mass is 547 g/mol. The molecule has 160 valence electrons. The van der Waals surface area contributed by atoms with Crippen LogP contribution in [0.5, 0.6) is 11.5 Å². The average molecular weight is 549 g/mol. The standard InChI is InChI=1S/C23H19Br2NO5/c1-30-16-8-3-2-7-13(16)23(29)31-12-6-4-5-11(9-12)26-21(27)17-14-10-15(18(17)22(26)28)20(25)19(14)24/h2-9,14-15,17-20H,10H2,1H3. The zero-order valence-corrected chi connectivity index (χ0v) is 19.7. The van der Waals surface area contributed by atoms with Gasteiger partial charge < -0.3 is 9.47 Å². The molecule has 6 unspecified atom stereocenters. The number of benzene rings is 2.